The zero-order valence-electron chi connectivity index (χ0n) is 38.8. The molecule has 0 amide bonds. The molecule has 17 nitrogen and oxygen atoms in total. The number of carbonyl (C=O) groups is 4. The van der Waals surface area contributed by atoms with Gasteiger partial charge in [0.25, 0.3) is 0 Å². The van der Waals surface area contributed by atoms with Crippen LogP contribution in [0.5, 0.6) is 0 Å². The molecule has 4 rings (SSSR count). The number of unbranched alkanes of at least 4 members (excludes halogenated alkanes) is 1. The van der Waals surface area contributed by atoms with E-state index in [1.54, 1.807) is 45.9 Å². The average molecular weight is 909 g/mol. The van der Waals surface area contributed by atoms with Gasteiger partial charge >= 0.3 is 23.9 Å². The number of ether oxygens (including phenoxy) is 8. The van der Waals surface area contributed by atoms with Crippen molar-refractivity contribution < 1.29 is 82.6 Å². The molecular formula is C47H72O17. The smallest absolute Gasteiger partial charge is 0.331 e. The fourth-order valence-corrected chi connectivity index (χ4v) is 9.03. The van der Waals surface area contributed by atoms with Crippen LogP contribution in [0.25, 0.3) is 0 Å². The van der Waals surface area contributed by atoms with Gasteiger partial charge in [0, 0.05) is 54.6 Å². The van der Waals surface area contributed by atoms with Crippen LogP contribution in [-0.4, -0.2) is 136 Å². The first-order valence-electron chi connectivity index (χ1n) is 22.4. The average Bonchev–Trinajstić information content (AvgIpc) is 3.19. The molecular weight excluding hydrogens is 836 g/mol. The van der Waals surface area contributed by atoms with Crippen molar-refractivity contribution in [2.24, 2.45) is 16.7 Å². The monoisotopic (exact) mass is 908 g/mol. The Morgan fingerprint density at radius 2 is 1.61 bits per heavy atom. The van der Waals surface area contributed by atoms with Crippen LogP contribution in [0, 0.1) is 16.7 Å². The van der Waals surface area contributed by atoms with Crippen molar-refractivity contribution >= 4 is 23.9 Å². The normalized spacial score (nSPS) is 36.9. The van der Waals surface area contributed by atoms with Crippen molar-refractivity contribution in [1.82, 2.24) is 0 Å². The molecule has 5 N–H and O–H groups in total. The van der Waals surface area contributed by atoms with Gasteiger partial charge in [-0.2, -0.15) is 0 Å². The molecule has 362 valence electrons. The third-order valence-electron chi connectivity index (χ3n) is 12.8. The molecule has 0 aliphatic carbocycles. The van der Waals surface area contributed by atoms with E-state index in [1.165, 1.54) is 46.3 Å². The zero-order valence-corrected chi connectivity index (χ0v) is 38.8. The van der Waals surface area contributed by atoms with Crippen LogP contribution in [0.1, 0.15) is 119 Å². The lowest BCUT2D eigenvalue weighted by Crippen LogP contribution is -2.64. The minimum Gasteiger partial charge on any atom is -0.469 e. The van der Waals surface area contributed by atoms with E-state index in [2.05, 4.69) is 0 Å². The maximum absolute atomic E-state index is 13.5. The third-order valence-corrected chi connectivity index (χ3v) is 12.8. The summed E-state index contributed by atoms with van der Waals surface area (Å²) in [6.07, 6.45) is 1.07. The minimum absolute atomic E-state index is 0.00172. The van der Waals surface area contributed by atoms with E-state index in [4.69, 9.17) is 37.9 Å². The highest BCUT2D eigenvalue weighted by Gasteiger charge is 2.60. The van der Waals surface area contributed by atoms with Crippen molar-refractivity contribution in [2.45, 2.75) is 192 Å². The Kier molecular flexibility index (Phi) is 18.9. The molecule has 0 saturated carbocycles. The summed E-state index contributed by atoms with van der Waals surface area (Å²) in [4.78, 5) is 52.5. The maximum Gasteiger partial charge on any atom is 0.331 e. The number of methoxy groups -OCH3 is 2. The number of allylic oxidation sites excluding steroid dienone is 3. The summed E-state index contributed by atoms with van der Waals surface area (Å²) in [6, 6.07) is 0. The van der Waals surface area contributed by atoms with Crippen LogP contribution >= 0.6 is 0 Å². The largest absolute Gasteiger partial charge is 0.469 e. The summed E-state index contributed by atoms with van der Waals surface area (Å²) in [6.45, 7) is 11.6. The molecule has 0 aromatic rings. The second-order valence-corrected chi connectivity index (χ2v) is 18.8. The van der Waals surface area contributed by atoms with Gasteiger partial charge in [-0.3, -0.25) is 9.59 Å². The molecule has 0 aromatic carbocycles. The maximum atomic E-state index is 13.5. The number of rotatable bonds is 11. The molecule has 13 atom stereocenters. The van der Waals surface area contributed by atoms with Crippen molar-refractivity contribution in [3.8, 4) is 0 Å². The molecule has 64 heavy (non-hydrogen) atoms. The number of hydrogen-bond acceptors (Lipinski definition) is 17. The van der Waals surface area contributed by atoms with E-state index >= 15 is 0 Å². The Hall–Kier alpha value is -3.52. The van der Waals surface area contributed by atoms with Crippen LogP contribution < -0.4 is 0 Å². The molecule has 4 aliphatic heterocycles. The predicted molar refractivity (Wildman–Crippen MR) is 229 cm³/mol. The summed E-state index contributed by atoms with van der Waals surface area (Å²) in [5, 5.41) is 58.0. The molecule has 3 saturated heterocycles. The Bertz CT molecular complexity index is 1720. The van der Waals surface area contributed by atoms with Gasteiger partial charge in [0.15, 0.2) is 18.2 Å². The van der Waals surface area contributed by atoms with Gasteiger partial charge in [-0.1, -0.05) is 77.0 Å². The molecule has 17 heteroatoms. The van der Waals surface area contributed by atoms with E-state index < -0.39 is 120 Å². The highest BCUT2D eigenvalue weighted by Crippen LogP contribution is 2.50. The predicted octanol–water partition coefficient (Wildman–Crippen LogP) is 4.15. The summed E-state index contributed by atoms with van der Waals surface area (Å²) in [7, 11) is 2.46. The Balaban J connectivity index is 1.87. The Morgan fingerprint density at radius 3 is 2.25 bits per heavy atom. The minimum atomic E-state index is -2.39. The second-order valence-electron chi connectivity index (χ2n) is 18.8. The van der Waals surface area contributed by atoms with Gasteiger partial charge in [-0.25, -0.2) is 9.59 Å². The number of aliphatic hydroxyl groups is 5. The highest BCUT2D eigenvalue weighted by molar-refractivity contribution is 5.83. The van der Waals surface area contributed by atoms with Gasteiger partial charge in [-0.15, -0.1) is 0 Å². The number of hydrogen-bond donors (Lipinski definition) is 5. The fraction of sp³-hybridized carbons (Fsp3) is 0.745. The summed E-state index contributed by atoms with van der Waals surface area (Å²) < 4.78 is 47.2. The van der Waals surface area contributed by atoms with Gasteiger partial charge in [-0.05, 0) is 39.5 Å². The summed E-state index contributed by atoms with van der Waals surface area (Å²) in [5.41, 5.74) is -2.02. The van der Waals surface area contributed by atoms with E-state index in [0.29, 0.717) is 5.57 Å². The Morgan fingerprint density at radius 1 is 0.906 bits per heavy atom. The van der Waals surface area contributed by atoms with Gasteiger partial charge < -0.3 is 63.4 Å². The lowest BCUT2D eigenvalue weighted by molar-refractivity contribution is -0.361. The van der Waals surface area contributed by atoms with Crippen molar-refractivity contribution in [3.63, 3.8) is 0 Å². The van der Waals surface area contributed by atoms with Crippen molar-refractivity contribution in [3.05, 3.63) is 48.1 Å². The van der Waals surface area contributed by atoms with Crippen LogP contribution in [0.15, 0.2) is 48.1 Å². The lowest BCUT2D eigenvalue weighted by Gasteiger charge is -2.54. The topological polar surface area (TPSA) is 243 Å². The van der Waals surface area contributed by atoms with E-state index in [0.717, 1.165) is 12.8 Å². The van der Waals surface area contributed by atoms with Gasteiger partial charge in [0.05, 0.1) is 69.8 Å². The van der Waals surface area contributed by atoms with E-state index in [-0.39, 0.29) is 51.4 Å². The molecule has 0 radical (unpaired) electrons. The van der Waals surface area contributed by atoms with E-state index in [9.17, 15) is 44.7 Å². The molecule has 0 aromatic heterocycles. The van der Waals surface area contributed by atoms with Crippen molar-refractivity contribution in [1.29, 1.82) is 0 Å². The zero-order chi connectivity index (χ0) is 47.6. The molecule has 0 spiro atoms. The second kappa shape index (κ2) is 22.8. The van der Waals surface area contributed by atoms with Crippen LogP contribution in [0.3, 0.4) is 0 Å². The first-order chi connectivity index (χ1) is 29.9. The summed E-state index contributed by atoms with van der Waals surface area (Å²) >= 11 is 0. The van der Waals surface area contributed by atoms with Gasteiger partial charge in [0.1, 0.15) is 6.10 Å². The first kappa shape index (κ1) is 53.1. The third kappa shape index (κ3) is 13.8. The fourth-order valence-electron chi connectivity index (χ4n) is 9.03. The van der Waals surface area contributed by atoms with Crippen LogP contribution in [0.2, 0.25) is 0 Å². The Labute approximate surface area is 376 Å². The lowest BCUT2D eigenvalue weighted by atomic mass is 9.70. The number of cyclic esters (lactones) is 1. The summed E-state index contributed by atoms with van der Waals surface area (Å²) in [5.74, 6) is -8.24. The number of aliphatic hydroxyl groups excluding tert-OH is 3. The number of esters is 4. The molecule has 6 bridgehead atoms. The molecule has 4 heterocycles. The quantitative estimate of drug-likeness (QED) is 0.0488. The number of carbonyl (C=O) groups excluding carboxylic acids is 4. The van der Waals surface area contributed by atoms with E-state index in [1.807, 2.05) is 13.0 Å². The van der Waals surface area contributed by atoms with Crippen molar-refractivity contribution in [2.75, 3.05) is 14.2 Å². The van der Waals surface area contributed by atoms with Gasteiger partial charge in [0.2, 0.25) is 5.79 Å². The molecule has 1 unspecified atom stereocenters. The molecule has 4 aliphatic rings. The van der Waals surface area contributed by atoms with Crippen LogP contribution in [0.4, 0.5) is 0 Å². The molecule has 3 fully saturated rings. The highest BCUT2D eigenvalue weighted by atomic mass is 16.7. The van der Waals surface area contributed by atoms with Crippen LogP contribution in [-0.2, 0) is 57.1 Å². The number of fused-ring (bicyclic) bond motifs is 6. The first-order valence-corrected chi connectivity index (χ1v) is 22.4. The SMILES string of the molecule is CCC/C=C/C=C/C(=O)OC1[C@H](CC(=O)OC)C[C@H]2C[C@H]([C@@H](C)O)OC(=O)C[C@H](O)C[C@@H]3C[C@H](O[C@@H](C)O)C(C)(C)[C@](O)(C[C@@H]4C/C(=C/C(=O)OC)C[C@H](/C=C/C(C)(C)[C@]1(O)O2)O4)O3. The standard InChI is InChI=1S/C47H72O17/c1-10-11-12-13-14-15-39(51)62-43-31(22-41(53)58-9)21-34-25-37(28(2)48)61-42(54)24-32(50)23-35-26-38(59-29(3)49)45(6,7)46(55,63-35)27-36-19-30(20-40(52)57-8)18-33(60-36)16-17-44(4,5)47(43,56)64-34/h12-17,20,28-29,31-38,43,48-50,55-56H,10-11,18-19,21-27H2,1-9H3/b13-12+,15-14+,17-16+,30-20+/t28-,29+,31+,32-,33+,34+,35-,36+,37-,38+,43?,46+,47-/m1/s1.